The lowest BCUT2D eigenvalue weighted by Crippen LogP contribution is -2.31. The largest absolute Gasteiger partial charge is 0.488 e. The Balaban J connectivity index is 2.01. The predicted molar refractivity (Wildman–Crippen MR) is 94.2 cm³/mol. The fourth-order valence-electron chi connectivity index (χ4n) is 1.85. The van der Waals surface area contributed by atoms with E-state index in [1.54, 1.807) is 24.4 Å². The van der Waals surface area contributed by atoms with Gasteiger partial charge >= 0.3 is 0 Å². The second kappa shape index (κ2) is 8.85. The lowest BCUT2D eigenvalue weighted by molar-refractivity contribution is 0.299. The Morgan fingerprint density at radius 2 is 1.96 bits per heavy atom. The highest BCUT2D eigenvalue weighted by Gasteiger charge is 2.04. The Labute approximate surface area is 140 Å². The van der Waals surface area contributed by atoms with Crippen LogP contribution in [-0.4, -0.2) is 17.9 Å². The highest BCUT2D eigenvalue weighted by atomic mass is 32.1. The minimum atomic E-state index is -0.281. The van der Waals surface area contributed by atoms with Crippen molar-refractivity contribution < 1.29 is 9.13 Å². The second-order valence-electron chi connectivity index (χ2n) is 4.65. The zero-order chi connectivity index (χ0) is 16.5. The first-order valence-corrected chi connectivity index (χ1v) is 7.63. The number of rotatable bonds is 6. The van der Waals surface area contributed by atoms with E-state index < -0.39 is 0 Å². The number of hydrogen-bond donors (Lipinski definition) is 2. The Morgan fingerprint density at radius 1 is 1.22 bits per heavy atom. The van der Waals surface area contributed by atoms with Gasteiger partial charge < -0.3 is 10.1 Å². The van der Waals surface area contributed by atoms with Crippen LogP contribution in [0.15, 0.2) is 53.6 Å². The molecule has 0 bridgehead atoms. The van der Waals surface area contributed by atoms with Gasteiger partial charge in [-0.05, 0) is 37.3 Å². The number of halogens is 1. The summed E-state index contributed by atoms with van der Waals surface area (Å²) in [6, 6.07) is 13.9. The van der Waals surface area contributed by atoms with Crippen molar-refractivity contribution in [2.45, 2.75) is 13.5 Å². The lowest BCUT2D eigenvalue weighted by atomic mass is 10.2. The third-order valence-electron chi connectivity index (χ3n) is 2.97. The molecule has 0 fully saturated rings. The van der Waals surface area contributed by atoms with Gasteiger partial charge in [0, 0.05) is 17.7 Å². The van der Waals surface area contributed by atoms with E-state index in [1.807, 2.05) is 31.2 Å². The minimum Gasteiger partial charge on any atom is -0.488 e. The summed E-state index contributed by atoms with van der Waals surface area (Å²) in [5.74, 6) is 0.340. The van der Waals surface area contributed by atoms with Gasteiger partial charge in [0.2, 0.25) is 0 Å². The Hall–Kier alpha value is -2.47. The van der Waals surface area contributed by atoms with Crippen LogP contribution in [0.4, 0.5) is 4.39 Å². The van der Waals surface area contributed by atoms with Crippen molar-refractivity contribution in [2.24, 2.45) is 5.10 Å². The predicted octanol–water partition coefficient (Wildman–Crippen LogP) is 3.22. The van der Waals surface area contributed by atoms with E-state index in [1.165, 1.54) is 6.07 Å². The van der Waals surface area contributed by atoms with E-state index in [9.17, 15) is 4.39 Å². The van der Waals surface area contributed by atoms with Crippen molar-refractivity contribution >= 4 is 23.5 Å². The maximum atomic E-state index is 13.6. The molecule has 0 aromatic heterocycles. The molecule has 0 spiro atoms. The average Bonchev–Trinajstić information content (AvgIpc) is 2.55. The molecule has 2 aromatic rings. The smallest absolute Gasteiger partial charge is 0.186 e. The molecule has 2 aromatic carbocycles. The summed E-state index contributed by atoms with van der Waals surface area (Å²) in [6.07, 6.45) is 1.61. The van der Waals surface area contributed by atoms with Gasteiger partial charge in [0.15, 0.2) is 5.11 Å². The molecule has 0 radical (unpaired) electrons. The van der Waals surface area contributed by atoms with E-state index in [2.05, 4.69) is 15.8 Å². The van der Waals surface area contributed by atoms with Gasteiger partial charge in [-0.2, -0.15) is 5.10 Å². The molecule has 6 heteroatoms. The minimum absolute atomic E-state index is 0.154. The molecule has 0 aliphatic carbocycles. The van der Waals surface area contributed by atoms with E-state index in [0.29, 0.717) is 16.4 Å². The van der Waals surface area contributed by atoms with Gasteiger partial charge in [0.05, 0.1) is 6.21 Å². The van der Waals surface area contributed by atoms with Crippen LogP contribution in [0.2, 0.25) is 0 Å². The third-order valence-corrected chi connectivity index (χ3v) is 3.20. The van der Waals surface area contributed by atoms with Gasteiger partial charge in [-0.3, -0.25) is 5.43 Å². The van der Waals surface area contributed by atoms with Crippen LogP contribution >= 0.6 is 12.2 Å². The highest BCUT2D eigenvalue weighted by molar-refractivity contribution is 7.80. The van der Waals surface area contributed by atoms with Gasteiger partial charge in [-0.1, -0.05) is 30.3 Å². The highest BCUT2D eigenvalue weighted by Crippen LogP contribution is 2.18. The standard InChI is InChI=1S/C17H18FN3OS/c1-2-19-17(23)21-20-11-13-7-4-6-10-16(13)22-12-14-8-3-5-9-15(14)18/h3-11H,2,12H2,1H3,(H2,19,21,23)/b20-11-. The SMILES string of the molecule is CCNC(=S)N/N=C\c1ccccc1OCc1ccccc1F. The molecule has 0 heterocycles. The lowest BCUT2D eigenvalue weighted by Gasteiger charge is -2.09. The monoisotopic (exact) mass is 331 g/mol. The zero-order valence-electron chi connectivity index (χ0n) is 12.8. The van der Waals surface area contributed by atoms with Crippen LogP contribution in [0.1, 0.15) is 18.1 Å². The topological polar surface area (TPSA) is 45.7 Å². The molecule has 23 heavy (non-hydrogen) atoms. The molecule has 0 aliphatic rings. The van der Waals surface area contributed by atoms with Crippen molar-refractivity contribution in [3.05, 3.63) is 65.5 Å². The number of nitrogens with zero attached hydrogens (tertiary/aromatic N) is 1. The fourth-order valence-corrected chi connectivity index (χ4v) is 2.05. The van der Waals surface area contributed by atoms with Crippen LogP contribution in [0.5, 0.6) is 5.75 Å². The molecule has 2 N–H and O–H groups in total. The number of benzene rings is 2. The third kappa shape index (κ3) is 5.34. The number of ether oxygens (including phenoxy) is 1. The van der Waals surface area contributed by atoms with Crippen LogP contribution < -0.4 is 15.5 Å². The molecule has 0 saturated carbocycles. The summed E-state index contributed by atoms with van der Waals surface area (Å²) in [5.41, 5.74) is 4.00. The first-order valence-electron chi connectivity index (χ1n) is 7.23. The Bertz CT molecular complexity index is 691. The van der Waals surface area contributed by atoms with Gasteiger partial charge in [-0.25, -0.2) is 4.39 Å². The molecular formula is C17H18FN3OS. The fraction of sp³-hybridized carbons (Fsp3) is 0.176. The van der Waals surface area contributed by atoms with E-state index in [-0.39, 0.29) is 12.4 Å². The molecule has 2 rings (SSSR count). The number of nitrogens with one attached hydrogen (secondary N) is 2. The van der Waals surface area contributed by atoms with Crippen LogP contribution in [0.25, 0.3) is 0 Å². The normalized spacial score (nSPS) is 10.5. The molecule has 0 amide bonds. The number of thiocarbonyl (C=S) groups is 1. The summed E-state index contributed by atoms with van der Waals surface area (Å²) in [6.45, 7) is 2.83. The van der Waals surface area contributed by atoms with Gasteiger partial charge in [-0.15, -0.1) is 0 Å². The van der Waals surface area contributed by atoms with Gasteiger partial charge in [0.25, 0.3) is 0 Å². The molecule has 0 aliphatic heterocycles. The van der Waals surface area contributed by atoms with Crippen LogP contribution in [-0.2, 0) is 6.61 Å². The number of hydrogen-bond acceptors (Lipinski definition) is 3. The maximum Gasteiger partial charge on any atom is 0.186 e. The average molecular weight is 331 g/mol. The zero-order valence-corrected chi connectivity index (χ0v) is 13.6. The molecule has 0 saturated heterocycles. The van der Waals surface area contributed by atoms with Crippen molar-refractivity contribution in [1.29, 1.82) is 0 Å². The van der Waals surface area contributed by atoms with E-state index in [0.717, 1.165) is 12.1 Å². The van der Waals surface area contributed by atoms with Crippen molar-refractivity contribution in [2.75, 3.05) is 6.54 Å². The first-order chi connectivity index (χ1) is 11.2. The Morgan fingerprint density at radius 3 is 2.74 bits per heavy atom. The molecule has 4 nitrogen and oxygen atoms in total. The summed E-state index contributed by atoms with van der Waals surface area (Å²) >= 11 is 5.02. The maximum absolute atomic E-state index is 13.6. The number of para-hydroxylation sites is 1. The van der Waals surface area contributed by atoms with Crippen molar-refractivity contribution in [3.63, 3.8) is 0 Å². The first kappa shape index (κ1) is 16.9. The van der Waals surface area contributed by atoms with E-state index >= 15 is 0 Å². The molecule has 0 atom stereocenters. The van der Waals surface area contributed by atoms with E-state index in [4.69, 9.17) is 17.0 Å². The summed E-state index contributed by atoms with van der Waals surface area (Å²) in [5, 5.41) is 7.45. The van der Waals surface area contributed by atoms with Crippen molar-refractivity contribution in [3.8, 4) is 5.75 Å². The summed E-state index contributed by atoms with van der Waals surface area (Å²) < 4.78 is 19.3. The van der Waals surface area contributed by atoms with Gasteiger partial charge in [0.1, 0.15) is 18.2 Å². The Kier molecular flexibility index (Phi) is 6.50. The summed E-state index contributed by atoms with van der Waals surface area (Å²) in [4.78, 5) is 0. The molecular weight excluding hydrogens is 313 g/mol. The van der Waals surface area contributed by atoms with Crippen LogP contribution in [0.3, 0.4) is 0 Å². The molecule has 120 valence electrons. The van der Waals surface area contributed by atoms with Crippen LogP contribution in [0, 0.1) is 5.82 Å². The van der Waals surface area contributed by atoms with Crippen molar-refractivity contribution in [1.82, 2.24) is 10.7 Å². The molecule has 0 unspecified atom stereocenters. The number of hydrazone groups is 1. The summed E-state index contributed by atoms with van der Waals surface area (Å²) in [7, 11) is 0. The second-order valence-corrected chi connectivity index (χ2v) is 5.06. The quantitative estimate of drug-likeness (QED) is 0.485.